The highest BCUT2D eigenvalue weighted by Gasteiger charge is 2.29. The van der Waals surface area contributed by atoms with Crippen LogP contribution in [0.4, 0.5) is 0 Å². The van der Waals surface area contributed by atoms with E-state index in [4.69, 9.17) is 4.74 Å². The zero-order chi connectivity index (χ0) is 16.2. The zero-order valence-corrected chi connectivity index (χ0v) is 13.5. The second-order valence-electron chi connectivity index (χ2n) is 6.41. The van der Waals surface area contributed by atoms with Crippen molar-refractivity contribution < 1.29 is 19.7 Å². The molecule has 1 aliphatic rings. The van der Waals surface area contributed by atoms with Gasteiger partial charge in [-0.05, 0) is 43.8 Å². The summed E-state index contributed by atoms with van der Waals surface area (Å²) in [7, 11) is 0. The predicted molar refractivity (Wildman–Crippen MR) is 82.6 cm³/mol. The van der Waals surface area contributed by atoms with Crippen LogP contribution in [0.3, 0.4) is 0 Å². The van der Waals surface area contributed by atoms with E-state index in [2.05, 4.69) is 20.4 Å². The number of esters is 1. The second-order valence-corrected chi connectivity index (χ2v) is 6.41. The maximum absolute atomic E-state index is 11.4. The van der Waals surface area contributed by atoms with Crippen LogP contribution in [0.25, 0.3) is 0 Å². The molecule has 0 aromatic carbocycles. The maximum atomic E-state index is 11.4. The van der Waals surface area contributed by atoms with Gasteiger partial charge in [0.25, 0.3) is 0 Å². The van der Waals surface area contributed by atoms with Gasteiger partial charge < -0.3 is 14.9 Å². The van der Waals surface area contributed by atoms with E-state index in [-0.39, 0.29) is 18.0 Å². The molecule has 4 atom stereocenters. The SMILES string of the molecule is C=C1CC[C@@H](C(C)C)[C@@H](OC(C)=O)/C=C(\C)C[C@@H](O)[C@@H]1O. The van der Waals surface area contributed by atoms with Crippen LogP contribution in [0, 0.1) is 11.8 Å². The lowest BCUT2D eigenvalue weighted by molar-refractivity contribution is -0.147. The number of carbonyl (C=O) groups excluding carboxylic acids is 1. The average Bonchev–Trinajstić information content (AvgIpc) is 2.35. The minimum Gasteiger partial charge on any atom is -0.458 e. The number of aliphatic hydroxyl groups is 2. The molecule has 120 valence electrons. The Morgan fingerprint density at radius 2 is 2.05 bits per heavy atom. The Morgan fingerprint density at radius 3 is 2.57 bits per heavy atom. The van der Waals surface area contributed by atoms with Crippen molar-refractivity contribution in [1.82, 2.24) is 0 Å². The lowest BCUT2D eigenvalue weighted by atomic mass is 9.81. The molecule has 0 heterocycles. The minimum absolute atomic E-state index is 0.169. The molecule has 1 aliphatic carbocycles. The van der Waals surface area contributed by atoms with Crippen LogP contribution in [0.2, 0.25) is 0 Å². The highest BCUT2D eigenvalue weighted by molar-refractivity contribution is 5.66. The number of hydrogen-bond donors (Lipinski definition) is 2. The number of rotatable bonds is 2. The van der Waals surface area contributed by atoms with Crippen LogP contribution in [-0.4, -0.2) is 34.5 Å². The number of aliphatic hydroxyl groups excluding tert-OH is 2. The fourth-order valence-electron chi connectivity index (χ4n) is 2.88. The van der Waals surface area contributed by atoms with Crippen LogP contribution >= 0.6 is 0 Å². The Morgan fingerprint density at radius 1 is 1.43 bits per heavy atom. The van der Waals surface area contributed by atoms with Gasteiger partial charge in [0.05, 0.1) is 6.10 Å². The smallest absolute Gasteiger partial charge is 0.303 e. The Balaban J connectivity index is 3.08. The predicted octanol–water partition coefficient (Wildman–Crippen LogP) is 2.60. The molecule has 0 amide bonds. The Kier molecular flexibility index (Phi) is 6.62. The van der Waals surface area contributed by atoms with Crippen molar-refractivity contribution in [2.24, 2.45) is 11.8 Å². The van der Waals surface area contributed by atoms with Crippen LogP contribution < -0.4 is 0 Å². The lowest BCUT2D eigenvalue weighted by Gasteiger charge is -2.31. The highest BCUT2D eigenvalue weighted by Crippen LogP contribution is 2.30. The average molecular weight is 296 g/mol. The number of hydrogen-bond acceptors (Lipinski definition) is 4. The van der Waals surface area contributed by atoms with Gasteiger partial charge in [-0.15, -0.1) is 0 Å². The van der Waals surface area contributed by atoms with Gasteiger partial charge in [0, 0.05) is 12.8 Å². The molecule has 2 N–H and O–H groups in total. The van der Waals surface area contributed by atoms with Crippen molar-refractivity contribution in [1.29, 1.82) is 0 Å². The minimum atomic E-state index is -0.897. The lowest BCUT2D eigenvalue weighted by Crippen LogP contribution is -2.33. The van der Waals surface area contributed by atoms with Crippen molar-refractivity contribution in [2.45, 2.75) is 65.3 Å². The number of carbonyl (C=O) groups is 1. The van der Waals surface area contributed by atoms with Crippen molar-refractivity contribution in [3.8, 4) is 0 Å². The van der Waals surface area contributed by atoms with E-state index in [9.17, 15) is 15.0 Å². The molecule has 4 heteroatoms. The highest BCUT2D eigenvalue weighted by atomic mass is 16.5. The van der Waals surface area contributed by atoms with Crippen LogP contribution in [0.15, 0.2) is 23.8 Å². The third-order valence-corrected chi connectivity index (χ3v) is 4.14. The van der Waals surface area contributed by atoms with Crippen LogP contribution in [0.1, 0.15) is 47.0 Å². The number of ether oxygens (including phenoxy) is 1. The van der Waals surface area contributed by atoms with E-state index in [0.29, 0.717) is 24.3 Å². The first-order chi connectivity index (χ1) is 9.72. The summed E-state index contributed by atoms with van der Waals surface area (Å²) in [5, 5.41) is 20.1. The first-order valence-electron chi connectivity index (χ1n) is 7.60. The van der Waals surface area contributed by atoms with E-state index in [1.54, 1.807) is 0 Å². The van der Waals surface area contributed by atoms with Gasteiger partial charge in [0.2, 0.25) is 0 Å². The molecule has 0 aromatic heterocycles. The molecule has 0 unspecified atom stereocenters. The van der Waals surface area contributed by atoms with Crippen molar-refractivity contribution in [3.05, 3.63) is 23.8 Å². The summed E-state index contributed by atoms with van der Waals surface area (Å²) in [6.45, 7) is 11.4. The molecule has 0 spiro atoms. The Hall–Kier alpha value is -1.13. The molecule has 21 heavy (non-hydrogen) atoms. The van der Waals surface area contributed by atoms with Gasteiger partial charge in [-0.3, -0.25) is 4.79 Å². The van der Waals surface area contributed by atoms with Crippen molar-refractivity contribution >= 4 is 5.97 Å². The van der Waals surface area contributed by atoms with Gasteiger partial charge in [0.15, 0.2) is 0 Å². The van der Waals surface area contributed by atoms with E-state index >= 15 is 0 Å². The largest absolute Gasteiger partial charge is 0.458 e. The zero-order valence-electron chi connectivity index (χ0n) is 13.5. The fourth-order valence-corrected chi connectivity index (χ4v) is 2.88. The summed E-state index contributed by atoms with van der Waals surface area (Å²) in [5.74, 6) is 0.210. The quantitative estimate of drug-likeness (QED) is 0.607. The summed E-state index contributed by atoms with van der Waals surface area (Å²) < 4.78 is 5.48. The maximum Gasteiger partial charge on any atom is 0.303 e. The molecule has 0 bridgehead atoms. The molecule has 0 saturated carbocycles. The Bertz CT molecular complexity index is 411. The summed E-state index contributed by atoms with van der Waals surface area (Å²) in [6.07, 6.45) is 1.60. The molecule has 0 fully saturated rings. The van der Waals surface area contributed by atoms with Gasteiger partial charge in [-0.1, -0.05) is 26.0 Å². The molecular formula is C17H28O4. The van der Waals surface area contributed by atoms with Crippen LogP contribution in [-0.2, 0) is 9.53 Å². The summed E-state index contributed by atoms with van der Waals surface area (Å²) in [5.41, 5.74) is 1.55. The van der Waals surface area contributed by atoms with E-state index in [0.717, 1.165) is 12.0 Å². The second kappa shape index (κ2) is 7.76. The molecule has 0 aliphatic heterocycles. The third kappa shape index (κ3) is 5.29. The van der Waals surface area contributed by atoms with E-state index in [1.165, 1.54) is 6.92 Å². The normalized spacial score (nSPS) is 34.2. The van der Waals surface area contributed by atoms with E-state index < -0.39 is 12.2 Å². The van der Waals surface area contributed by atoms with Gasteiger partial charge in [0.1, 0.15) is 12.2 Å². The molecule has 0 radical (unpaired) electrons. The fraction of sp³-hybridized carbons (Fsp3) is 0.706. The van der Waals surface area contributed by atoms with Gasteiger partial charge in [-0.2, -0.15) is 0 Å². The summed E-state index contributed by atoms with van der Waals surface area (Å²) >= 11 is 0. The first kappa shape index (κ1) is 17.9. The first-order valence-corrected chi connectivity index (χ1v) is 7.60. The van der Waals surface area contributed by atoms with Crippen LogP contribution in [0.5, 0.6) is 0 Å². The summed E-state index contributed by atoms with van der Waals surface area (Å²) in [6, 6.07) is 0. The molecular weight excluding hydrogens is 268 g/mol. The monoisotopic (exact) mass is 296 g/mol. The van der Waals surface area contributed by atoms with Crippen molar-refractivity contribution in [2.75, 3.05) is 0 Å². The molecule has 4 nitrogen and oxygen atoms in total. The van der Waals surface area contributed by atoms with Gasteiger partial charge in [-0.25, -0.2) is 0 Å². The third-order valence-electron chi connectivity index (χ3n) is 4.14. The van der Waals surface area contributed by atoms with Crippen molar-refractivity contribution in [3.63, 3.8) is 0 Å². The Labute approximate surface area is 127 Å². The standard InChI is InChI=1S/C17H28O4/c1-10(2)14-7-6-12(4)17(20)15(19)8-11(3)9-16(14)21-13(5)18/h9-10,14-17,19-20H,4,6-8H2,1-3,5H3/b11-9+/t14-,15+,16-,17+/m0/s1. The molecule has 1 rings (SSSR count). The van der Waals surface area contributed by atoms with Gasteiger partial charge >= 0.3 is 5.97 Å². The topological polar surface area (TPSA) is 66.8 Å². The molecule has 0 aromatic rings. The molecule has 0 saturated heterocycles. The van der Waals surface area contributed by atoms with E-state index in [1.807, 2.05) is 13.0 Å². The summed E-state index contributed by atoms with van der Waals surface area (Å²) in [4.78, 5) is 11.4.